The number of rotatable bonds is 13. The molecule has 0 radical (unpaired) electrons. The molecule has 4 aliphatic rings. The zero-order valence-corrected chi connectivity index (χ0v) is 34.7. The van der Waals surface area contributed by atoms with E-state index in [0.717, 1.165) is 12.5 Å². The molecule has 0 heterocycles. The number of methoxy groups -OCH3 is 1. The second kappa shape index (κ2) is 14.1. The van der Waals surface area contributed by atoms with Crippen LogP contribution in [-0.4, -0.2) is 56.3 Å². The Balaban J connectivity index is 1.74. The number of carbonyl (C=O) groups is 1. The molecule has 0 aromatic carbocycles. The number of esters is 1. The third-order valence-corrected chi connectivity index (χ3v) is 22.4. The Labute approximate surface area is 281 Å². The Hall–Kier alpha value is 0.000649. The summed E-state index contributed by atoms with van der Waals surface area (Å²) in [6, 6.07) is 3.51. The molecule has 4 saturated carbocycles. The third-order valence-electron chi connectivity index (χ3n) is 14.4. The van der Waals surface area contributed by atoms with Gasteiger partial charge >= 0.3 is 5.97 Å². The van der Waals surface area contributed by atoms with Gasteiger partial charge in [0.25, 0.3) is 0 Å². The van der Waals surface area contributed by atoms with Crippen molar-refractivity contribution in [3.63, 3.8) is 0 Å². The summed E-state index contributed by atoms with van der Waals surface area (Å²) in [4.78, 5) is 12.2. The van der Waals surface area contributed by atoms with E-state index in [0.29, 0.717) is 59.6 Å². The van der Waals surface area contributed by atoms with Crippen LogP contribution < -0.4 is 0 Å². The normalized spacial score (nSPS) is 39.5. The zero-order chi connectivity index (χ0) is 33.6. The molecule has 0 N–H and O–H groups in total. The predicted molar refractivity (Wildman–Crippen MR) is 195 cm³/mol. The number of hydrogen-bond donors (Lipinski definition) is 0. The van der Waals surface area contributed by atoms with Crippen molar-refractivity contribution in [3.05, 3.63) is 0 Å². The lowest BCUT2D eigenvalue weighted by molar-refractivity contribution is -0.199. The van der Waals surface area contributed by atoms with Crippen LogP contribution in [0, 0.1) is 46.3 Å². The van der Waals surface area contributed by atoms with Crippen molar-refractivity contribution in [2.45, 2.75) is 175 Å². The van der Waals surface area contributed by atoms with Gasteiger partial charge in [0, 0.05) is 18.6 Å². The van der Waals surface area contributed by atoms with E-state index in [9.17, 15) is 4.79 Å². The van der Waals surface area contributed by atoms with Gasteiger partial charge in [-0.25, -0.2) is 0 Å². The number of carbonyl (C=O) groups excluding carboxylic acids is 1. The fourth-order valence-electron chi connectivity index (χ4n) is 10.6. The second-order valence-corrected chi connectivity index (χ2v) is 31.6. The SMILES string of the molecule is CC[Si](C)(C)O[C@@H]1CC[C@@]2(C)[C@H](C1)C[C@H](O[Si](C)(C)CC)[C@@H]1[C@@H]2C[C@@H](O[Si](C)(C)CC)[C@]2(C)[C@@H]([C@H](C)CCC(=O)OC)CC[C@@H]12. The highest BCUT2D eigenvalue weighted by atomic mass is 28.4. The molecule has 11 atom stereocenters. The molecule has 0 aliphatic heterocycles. The standard InChI is InChI=1S/C37H72O5Si3/c1-14-43(8,9)40-28-21-22-36(5)27(23-28)24-32(41-44(10,11)15-2)35-30-19-18-29(26(4)17-20-34(38)39-7)37(30,6)33(25-31(35)36)42-45(12,13)16-3/h26-33,35H,14-25H2,1-13H3/t26-,27-,28-,29-,30+,31+,32+,33-,35+,36+,37-/m1/s1. The molecule has 0 aromatic rings. The predicted octanol–water partition coefficient (Wildman–Crippen LogP) is 10.3. The Bertz CT molecular complexity index is 1020. The van der Waals surface area contributed by atoms with Crippen LogP contribution in [0.2, 0.25) is 57.4 Å². The van der Waals surface area contributed by atoms with E-state index >= 15 is 0 Å². The van der Waals surface area contributed by atoms with Gasteiger partial charge in [0.05, 0.1) is 13.2 Å². The van der Waals surface area contributed by atoms with E-state index in [-0.39, 0.29) is 17.5 Å². The molecule has 4 rings (SSSR count). The summed E-state index contributed by atoms with van der Waals surface area (Å²) >= 11 is 0. The fourth-order valence-corrected chi connectivity index (χ4v) is 14.4. The molecular formula is C37H72O5Si3. The highest BCUT2D eigenvalue weighted by Crippen LogP contribution is 2.70. The molecule has 0 saturated heterocycles. The van der Waals surface area contributed by atoms with E-state index in [4.69, 9.17) is 18.0 Å². The van der Waals surface area contributed by atoms with Gasteiger partial charge in [-0.2, -0.15) is 0 Å². The maximum Gasteiger partial charge on any atom is 0.305 e. The zero-order valence-electron chi connectivity index (χ0n) is 31.7. The highest BCUT2D eigenvalue weighted by Gasteiger charge is 2.67. The molecule has 5 nitrogen and oxygen atoms in total. The molecule has 0 spiro atoms. The lowest BCUT2D eigenvalue weighted by atomic mass is 9.43. The van der Waals surface area contributed by atoms with Crippen LogP contribution in [-0.2, 0) is 22.8 Å². The van der Waals surface area contributed by atoms with Gasteiger partial charge in [-0.3, -0.25) is 4.79 Å². The van der Waals surface area contributed by atoms with E-state index < -0.39 is 25.0 Å². The first-order valence-corrected chi connectivity index (χ1v) is 28.3. The van der Waals surface area contributed by atoms with Crippen LogP contribution in [0.3, 0.4) is 0 Å². The molecule has 45 heavy (non-hydrogen) atoms. The molecule has 0 aromatic heterocycles. The van der Waals surface area contributed by atoms with E-state index in [2.05, 4.69) is 80.8 Å². The Kier molecular flexibility index (Phi) is 11.8. The van der Waals surface area contributed by atoms with Crippen molar-refractivity contribution in [1.82, 2.24) is 0 Å². The van der Waals surface area contributed by atoms with Crippen molar-refractivity contribution in [2.75, 3.05) is 7.11 Å². The fraction of sp³-hybridized carbons (Fsp3) is 0.973. The lowest BCUT2D eigenvalue weighted by Gasteiger charge is -2.66. The Morgan fingerprint density at radius 1 is 0.800 bits per heavy atom. The van der Waals surface area contributed by atoms with Crippen molar-refractivity contribution < 1.29 is 22.8 Å². The molecule has 0 amide bonds. The summed E-state index contributed by atoms with van der Waals surface area (Å²) in [5, 5.41) is 0. The third kappa shape index (κ3) is 7.76. The van der Waals surface area contributed by atoms with Crippen LogP contribution in [0.1, 0.15) is 99.3 Å². The number of fused-ring (bicyclic) bond motifs is 5. The maximum absolute atomic E-state index is 12.2. The first kappa shape index (κ1) is 37.8. The molecule has 262 valence electrons. The van der Waals surface area contributed by atoms with Crippen molar-refractivity contribution in [3.8, 4) is 0 Å². The van der Waals surface area contributed by atoms with Gasteiger partial charge in [-0.15, -0.1) is 0 Å². The first-order valence-electron chi connectivity index (χ1n) is 19.0. The van der Waals surface area contributed by atoms with Crippen LogP contribution in [0.15, 0.2) is 0 Å². The number of ether oxygens (including phenoxy) is 1. The minimum atomic E-state index is -1.82. The molecular weight excluding hydrogens is 609 g/mol. The van der Waals surface area contributed by atoms with Gasteiger partial charge in [-0.1, -0.05) is 41.5 Å². The summed E-state index contributed by atoms with van der Waals surface area (Å²) in [5.74, 6) is 3.45. The van der Waals surface area contributed by atoms with Crippen molar-refractivity contribution >= 4 is 30.9 Å². The number of hydrogen-bond acceptors (Lipinski definition) is 5. The summed E-state index contributed by atoms with van der Waals surface area (Å²) in [5.41, 5.74) is 0.422. The molecule has 4 fully saturated rings. The molecule has 0 bridgehead atoms. The van der Waals surface area contributed by atoms with Gasteiger partial charge in [0.1, 0.15) is 0 Å². The lowest BCUT2D eigenvalue weighted by Crippen LogP contribution is -2.65. The molecule has 8 heteroatoms. The molecule has 0 unspecified atom stereocenters. The summed E-state index contributed by atoms with van der Waals surface area (Å²) < 4.78 is 27.0. The average molecular weight is 681 g/mol. The van der Waals surface area contributed by atoms with Gasteiger partial charge in [0.15, 0.2) is 25.0 Å². The quantitative estimate of drug-likeness (QED) is 0.143. The van der Waals surface area contributed by atoms with Gasteiger partial charge in [0.2, 0.25) is 0 Å². The van der Waals surface area contributed by atoms with Crippen molar-refractivity contribution in [2.24, 2.45) is 46.3 Å². The van der Waals surface area contributed by atoms with Crippen LogP contribution in [0.4, 0.5) is 0 Å². The van der Waals surface area contributed by atoms with Crippen molar-refractivity contribution in [1.29, 1.82) is 0 Å². The minimum absolute atomic E-state index is 0.0754. The minimum Gasteiger partial charge on any atom is -0.469 e. The largest absolute Gasteiger partial charge is 0.469 e. The summed E-state index contributed by atoms with van der Waals surface area (Å²) in [6.45, 7) is 29.3. The Morgan fingerprint density at radius 2 is 1.40 bits per heavy atom. The maximum atomic E-state index is 12.2. The van der Waals surface area contributed by atoms with Crippen LogP contribution in [0.5, 0.6) is 0 Å². The molecule has 4 aliphatic carbocycles. The van der Waals surface area contributed by atoms with E-state index in [1.807, 2.05) is 0 Å². The van der Waals surface area contributed by atoms with E-state index in [1.165, 1.54) is 64.1 Å². The van der Waals surface area contributed by atoms with Crippen LogP contribution in [0.25, 0.3) is 0 Å². The topological polar surface area (TPSA) is 54.0 Å². The van der Waals surface area contributed by atoms with Crippen LogP contribution >= 0.6 is 0 Å². The van der Waals surface area contributed by atoms with Gasteiger partial charge < -0.3 is 18.0 Å². The van der Waals surface area contributed by atoms with Gasteiger partial charge in [-0.05, 0) is 155 Å². The monoisotopic (exact) mass is 680 g/mol. The average Bonchev–Trinajstić information content (AvgIpc) is 3.34. The summed E-state index contributed by atoms with van der Waals surface area (Å²) in [7, 11) is -3.69. The second-order valence-electron chi connectivity index (χ2n) is 18.2. The summed E-state index contributed by atoms with van der Waals surface area (Å²) in [6.07, 6.45) is 11.1. The van der Waals surface area contributed by atoms with E-state index in [1.54, 1.807) is 0 Å². The first-order chi connectivity index (χ1) is 20.9. The Morgan fingerprint density at radius 3 is 2.00 bits per heavy atom. The smallest absolute Gasteiger partial charge is 0.305 e. The highest BCUT2D eigenvalue weighted by molar-refractivity contribution is 6.71.